The third kappa shape index (κ3) is 7.54. The Hall–Kier alpha value is -0.770. The molecule has 1 aromatic rings. The van der Waals surface area contributed by atoms with E-state index in [0.29, 0.717) is 13.2 Å². The maximum atomic E-state index is 5.78. The van der Waals surface area contributed by atoms with Gasteiger partial charge < -0.3 is 14.8 Å². The predicted octanol–water partition coefficient (Wildman–Crippen LogP) is 2.10. The summed E-state index contributed by atoms with van der Waals surface area (Å²) in [6, 6.07) is 7.34. The van der Waals surface area contributed by atoms with Crippen molar-refractivity contribution in [3.63, 3.8) is 0 Å². The molecule has 0 bridgehead atoms. The second-order valence-electron chi connectivity index (χ2n) is 5.27. The number of rotatable bonds is 7. The van der Waals surface area contributed by atoms with E-state index in [0.717, 1.165) is 23.9 Å². The number of hydrogen-bond acceptors (Lipinski definition) is 2. The minimum atomic E-state index is 0.267. The van der Waals surface area contributed by atoms with Gasteiger partial charge in [-0.05, 0) is 45.0 Å². The SMILES string of the molecule is CC(C)(C)[NH2+]CCOCCOc1ccc(Cl)cc1. The van der Waals surface area contributed by atoms with Gasteiger partial charge in [0.25, 0.3) is 0 Å². The van der Waals surface area contributed by atoms with Crippen LogP contribution >= 0.6 is 11.6 Å². The van der Waals surface area contributed by atoms with E-state index in [1.165, 1.54) is 0 Å². The molecule has 0 spiro atoms. The summed E-state index contributed by atoms with van der Waals surface area (Å²) >= 11 is 5.78. The fourth-order valence-electron chi connectivity index (χ4n) is 1.43. The molecule has 0 fully saturated rings. The maximum Gasteiger partial charge on any atom is 0.119 e. The monoisotopic (exact) mass is 272 g/mol. The smallest absolute Gasteiger partial charge is 0.119 e. The average Bonchev–Trinajstić information content (AvgIpc) is 2.29. The van der Waals surface area contributed by atoms with E-state index < -0.39 is 0 Å². The summed E-state index contributed by atoms with van der Waals surface area (Å²) in [5, 5.41) is 2.99. The van der Waals surface area contributed by atoms with E-state index in [1.54, 1.807) is 0 Å². The summed E-state index contributed by atoms with van der Waals surface area (Å²) < 4.78 is 11.0. The van der Waals surface area contributed by atoms with Crippen LogP contribution in [0.2, 0.25) is 5.02 Å². The molecule has 0 saturated heterocycles. The van der Waals surface area contributed by atoms with Gasteiger partial charge in [0.05, 0.1) is 25.3 Å². The highest BCUT2D eigenvalue weighted by molar-refractivity contribution is 6.30. The van der Waals surface area contributed by atoms with Crippen LogP contribution in [0.4, 0.5) is 0 Å². The third-order valence-electron chi connectivity index (χ3n) is 2.33. The molecule has 3 nitrogen and oxygen atoms in total. The van der Waals surface area contributed by atoms with Gasteiger partial charge in [0, 0.05) is 5.02 Å². The topological polar surface area (TPSA) is 35.1 Å². The first-order valence-corrected chi connectivity index (χ1v) is 6.66. The first-order chi connectivity index (χ1) is 8.47. The van der Waals surface area contributed by atoms with E-state index in [-0.39, 0.29) is 5.54 Å². The summed E-state index contributed by atoms with van der Waals surface area (Å²) in [5.41, 5.74) is 0.267. The van der Waals surface area contributed by atoms with E-state index >= 15 is 0 Å². The van der Waals surface area contributed by atoms with Gasteiger partial charge in [-0.15, -0.1) is 0 Å². The minimum absolute atomic E-state index is 0.267. The zero-order valence-electron chi connectivity index (χ0n) is 11.4. The molecule has 0 aliphatic heterocycles. The van der Waals surface area contributed by atoms with Crippen LogP contribution in [0, 0.1) is 0 Å². The van der Waals surface area contributed by atoms with Crippen LogP contribution in [0.3, 0.4) is 0 Å². The molecule has 0 unspecified atom stereocenters. The zero-order chi connectivity index (χ0) is 13.4. The first kappa shape index (κ1) is 15.3. The number of ether oxygens (including phenoxy) is 2. The summed E-state index contributed by atoms with van der Waals surface area (Å²) in [6.45, 7) is 9.48. The lowest BCUT2D eigenvalue weighted by Crippen LogP contribution is -2.95. The second-order valence-corrected chi connectivity index (χ2v) is 5.71. The predicted molar refractivity (Wildman–Crippen MR) is 74.3 cm³/mol. The average molecular weight is 273 g/mol. The number of benzene rings is 1. The van der Waals surface area contributed by atoms with Crippen molar-refractivity contribution in [3.05, 3.63) is 29.3 Å². The highest BCUT2D eigenvalue weighted by Gasteiger charge is 2.11. The van der Waals surface area contributed by atoms with Gasteiger partial charge in [-0.25, -0.2) is 0 Å². The van der Waals surface area contributed by atoms with Crippen molar-refractivity contribution in [1.82, 2.24) is 0 Å². The van der Waals surface area contributed by atoms with Crippen LogP contribution in [0.25, 0.3) is 0 Å². The Morgan fingerprint density at radius 2 is 1.72 bits per heavy atom. The fraction of sp³-hybridized carbons (Fsp3) is 0.571. The Bertz CT molecular complexity index is 333. The molecule has 0 amide bonds. The molecule has 1 aromatic carbocycles. The van der Waals surface area contributed by atoms with Crippen molar-refractivity contribution in [2.75, 3.05) is 26.4 Å². The normalized spacial score (nSPS) is 11.6. The van der Waals surface area contributed by atoms with Gasteiger partial charge in [0.1, 0.15) is 12.4 Å². The van der Waals surface area contributed by atoms with Crippen molar-refractivity contribution in [1.29, 1.82) is 0 Å². The number of quaternary nitrogens is 1. The van der Waals surface area contributed by atoms with E-state index in [4.69, 9.17) is 21.1 Å². The maximum absolute atomic E-state index is 5.78. The standard InChI is InChI=1S/C14H22ClNO2/c1-14(2,3)16-8-9-17-10-11-18-13-6-4-12(15)5-7-13/h4-7,16H,8-11H2,1-3H3/p+1. The van der Waals surface area contributed by atoms with Crippen molar-refractivity contribution >= 4 is 11.6 Å². The summed E-state index contributed by atoms with van der Waals surface area (Å²) in [5.74, 6) is 0.823. The largest absolute Gasteiger partial charge is 0.491 e. The number of halogens is 1. The molecule has 0 aliphatic carbocycles. The fourth-order valence-corrected chi connectivity index (χ4v) is 1.55. The highest BCUT2D eigenvalue weighted by atomic mass is 35.5. The molecule has 0 aromatic heterocycles. The molecule has 0 radical (unpaired) electrons. The number of nitrogens with two attached hydrogens (primary N) is 1. The molecule has 0 heterocycles. The molecule has 0 atom stereocenters. The molecule has 18 heavy (non-hydrogen) atoms. The zero-order valence-corrected chi connectivity index (χ0v) is 12.2. The van der Waals surface area contributed by atoms with Gasteiger partial charge in [-0.2, -0.15) is 0 Å². The van der Waals surface area contributed by atoms with Gasteiger partial charge in [0.15, 0.2) is 0 Å². The molecule has 0 aliphatic rings. The second kappa shape index (κ2) is 7.62. The lowest BCUT2D eigenvalue weighted by Gasteiger charge is -2.16. The Morgan fingerprint density at radius 3 is 2.33 bits per heavy atom. The van der Waals surface area contributed by atoms with Gasteiger partial charge >= 0.3 is 0 Å². The first-order valence-electron chi connectivity index (χ1n) is 6.28. The lowest BCUT2D eigenvalue weighted by molar-refractivity contribution is -0.718. The van der Waals surface area contributed by atoms with E-state index in [9.17, 15) is 0 Å². The molecule has 0 saturated carbocycles. The van der Waals surface area contributed by atoms with Gasteiger partial charge in [-0.3, -0.25) is 0 Å². The van der Waals surface area contributed by atoms with Crippen molar-refractivity contribution in [2.45, 2.75) is 26.3 Å². The molecule has 2 N–H and O–H groups in total. The van der Waals surface area contributed by atoms with Crippen molar-refractivity contribution < 1.29 is 14.8 Å². The molecular formula is C14H23ClNO2+. The van der Waals surface area contributed by atoms with Crippen LogP contribution < -0.4 is 10.1 Å². The summed E-state index contributed by atoms with van der Waals surface area (Å²) in [7, 11) is 0. The quantitative estimate of drug-likeness (QED) is 0.772. The number of hydrogen-bond donors (Lipinski definition) is 1. The highest BCUT2D eigenvalue weighted by Crippen LogP contribution is 2.15. The molecular weight excluding hydrogens is 250 g/mol. The van der Waals surface area contributed by atoms with Crippen LogP contribution in [-0.4, -0.2) is 31.9 Å². The summed E-state index contributed by atoms with van der Waals surface area (Å²) in [6.07, 6.45) is 0. The van der Waals surface area contributed by atoms with Crippen LogP contribution in [0.15, 0.2) is 24.3 Å². The van der Waals surface area contributed by atoms with Gasteiger partial charge in [0.2, 0.25) is 0 Å². The Balaban J connectivity index is 2.00. The Morgan fingerprint density at radius 1 is 1.06 bits per heavy atom. The molecule has 102 valence electrons. The molecule has 1 rings (SSSR count). The molecule has 4 heteroatoms. The lowest BCUT2D eigenvalue weighted by atomic mass is 10.1. The van der Waals surface area contributed by atoms with E-state index in [2.05, 4.69) is 26.1 Å². The minimum Gasteiger partial charge on any atom is -0.491 e. The van der Waals surface area contributed by atoms with Gasteiger partial charge in [-0.1, -0.05) is 11.6 Å². The third-order valence-corrected chi connectivity index (χ3v) is 2.58. The Labute approximate surface area is 114 Å². The Kier molecular flexibility index (Phi) is 6.47. The van der Waals surface area contributed by atoms with Crippen LogP contribution in [0.1, 0.15) is 20.8 Å². The van der Waals surface area contributed by atoms with Crippen molar-refractivity contribution in [2.24, 2.45) is 0 Å². The van der Waals surface area contributed by atoms with Crippen LogP contribution in [0.5, 0.6) is 5.75 Å². The van der Waals surface area contributed by atoms with Crippen molar-refractivity contribution in [3.8, 4) is 5.75 Å². The van der Waals surface area contributed by atoms with E-state index in [1.807, 2.05) is 24.3 Å². The summed E-state index contributed by atoms with van der Waals surface area (Å²) in [4.78, 5) is 0. The van der Waals surface area contributed by atoms with Crippen LogP contribution in [-0.2, 0) is 4.74 Å².